The molecule has 2 unspecified atom stereocenters. The van der Waals surface area contributed by atoms with E-state index < -0.39 is 6.10 Å². The van der Waals surface area contributed by atoms with Gasteiger partial charge in [-0.3, -0.25) is 4.79 Å². The summed E-state index contributed by atoms with van der Waals surface area (Å²) in [5.41, 5.74) is 0.454. The van der Waals surface area contributed by atoms with E-state index in [2.05, 4.69) is 10.3 Å². The SMILES string of the molecule is Cc1nc(C(=O)NC(C)CC(C)O)cs1. The number of hydrogen-bond acceptors (Lipinski definition) is 4. The number of carbonyl (C=O) groups excluding carboxylic acids is 1. The first-order chi connectivity index (χ1) is 6.99. The number of rotatable bonds is 4. The molecule has 1 rings (SSSR count). The lowest BCUT2D eigenvalue weighted by atomic mass is 10.1. The van der Waals surface area contributed by atoms with E-state index in [0.29, 0.717) is 12.1 Å². The van der Waals surface area contributed by atoms with Crippen LogP contribution in [-0.4, -0.2) is 28.1 Å². The van der Waals surface area contributed by atoms with Gasteiger partial charge in [-0.25, -0.2) is 4.98 Å². The molecule has 1 heterocycles. The van der Waals surface area contributed by atoms with Crippen molar-refractivity contribution in [2.75, 3.05) is 0 Å². The first kappa shape index (κ1) is 12.1. The largest absolute Gasteiger partial charge is 0.393 e. The predicted molar refractivity (Wildman–Crippen MR) is 60.1 cm³/mol. The Bertz CT molecular complexity index is 336. The van der Waals surface area contributed by atoms with E-state index in [1.54, 1.807) is 12.3 Å². The highest BCUT2D eigenvalue weighted by Gasteiger charge is 2.13. The molecule has 0 aliphatic heterocycles. The van der Waals surface area contributed by atoms with Gasteiger partial charge in [0.2, 0.25) is 0 Å². The number of nitrogens with zero attached hydrogens (tertiary/aromatic N) is 1. The molecule has 0 saturated heterocycles. The zero-order chi connectivity index (χ0) is 11.4. The Labute approximate surface area is 93.4 Å². The molecule has 0 saturated carbocycles. The maximum Gasteiger partial charge on any atom is 0.270 e. The second-order valence-electron chi connectivity index (χ2n) is 3.71. The summed E-state index contributed by atoms with van der Waals surface area (Å²) in [5, 5.41) is 14.5. The van der Waals surface area contributed by atoms with Crippen LogP contribution in [0.3, 0.4) is 0 Å². The highest BCUT2D eigenvalue weighted by molar-refractivity contribution is 7.09. The van der Waals surface area contributed by atoms with Crippen molar-refractivity contribution in [1.29, 1.82) is 0 Å². The Balaban J connectivity index is 2.49. The second-order valence-corrected chi connectivity index (χ2v) is 4.77. The third-order valence-corrected chi connectivity index (χ3v) is 2.70. The summed E-state index contributed by atoms with van der Waals surface area (Å²) in [6.07, 6.45) is 0.145. The Kier molecular flexibility index (Phi) is 4.23. The quantitative estimate of drug-likeness (QED) is 0.817. The zero-order valence-electron chi connectivity index (χ0n) is 9.15. The molecular weight excluding hydrogens is 212 g/mol. The molecule has 84 valence electrons. The maximum absolute atomic E-state index is 11.6. The second kappa shape index (κ2) is 5.23. The van der Waals surface area contributed by atoms with Crippen LogP contribution in [0.4, 0.5) is 0 Å². The zero-order valence-corrected chi connectivity index (χ0v) is 9.97. The summed E-state index contributed by atoms with van der Waals surface area (Å²) in [6.45, 7) is 5.43. The molecule has 0 spiro atoms. The van der Waals surface area contributed by atoms with Gasteiger partial charge in [0.05, 0.1) is 11.1 Å². The van der Waals surface area contributed by atoms with Crippen LogP contribution in [0.15, 0.2) is 5.38 Å². The number of aryl methyl sites for hydroxylation is 1. The Hall–Kier alpha value is -0.940. The highest BCUT2D eigenvalue weighted by Crippen LogP contribution is 2.08. The van der Waals surface area contributed by atoms with Crippen molar-refractivity contribution < 1.29 is 9.90 Å². The molecule has 1 amide bonds. The van der Waals surface area contributed by atoms with Crippen molar-refractivity contribution in [1.82, 2.24) is 10.3 Å². The first-order valence-electron chi connectivity index (χ1n) is 4.90. The Morgan fingerprint density at radius 1 is 1.67 bits per heavy atom. The molecule has 0 aliphatic carbocycles. The molecule has 0 aliphatic rings. The number of hydrogen-bond donors (Lipinski definition) is 2. The minimum atomic E-state index is -0.405. The number of nitrogens with one attached hydrogen (secondary N) is 1. The lowest BCUT2D eigenvalue weighted by Gasteiger charge is -2.14. The van der Waals surface area contributed by atoms with Crippen LogP contribution in [0.25, 0.3) is 0 Å². The average Bonchev–Trinajstić information content (AvgIpc) is 2.49. The topological polar surface area (TPSA) is 62.2 Å². The normalized spacial score (nSPS) is 14.7. The van der Waals surface area contributed by atoms with E-state index in [9.17, 15) is 4.79 Å². The highest BCUT2D eigenvalue weighted by atomic mass is 32.1. The van der Waals surface area contributed by atoms with Gasteiger partial charge in [-0.1, -0.05) is 0 Å². The van der Waals surface area contributed by atoms with Crippen LogP contribution in [0.1, 0.15) is 35.8 Å². The number of aliphatic hydroxyl groups is 1. The van der Waals surface area contributed by atoms with Gasteiger partial charge < -0.3 is 10.4 Å². The first-order valence-corrected chi connectivity index (χ1v) is 5.78. The van der Waals surface area contributed by atoms with E-state index in [4.69, 9.17) is 5.11 Å². The van der Waals surface area contributed by atoms with Crippen LogP contribution in [0.5, 0.6) is 0 Å². The van der Waals surface area contributed by atoms with Crippen molar-refractivity contribution in [3.05, 3.63) is 16.1 Å². The molecule has 5 heteroatoms. The number of carbonyl (C=O) groups is 1. The molecular formula is C10H16N2O2S. The van der Waals surface area contributed by atoms with Gasteiger partial charge in [0.1, 0.15) is 5.69 Å². The molecule has 0 radical (unpaired) electrons. The van der Waals surface area contributed by atoms with Crippen LogP contribution < -0.4 is 5.32 Å². The van der Waals surface area contributed by atoms with Crippen molar-refractivity contribution in [2.45, 2.75) is 39.3 Å². The number of aliphatic hydroxyl groups excluding tert-OH is 1. The fourth-order valence-electron chi connectivity index (χ4n) is 1.34. The van der Waals surface area contributed by atoms with Gasteiger partial charge in [0, 0.05) is 11.4 Å². The van der Waals surface area contributed by atoms with Gasteiger partial charge >= 0.3 is 0 Å². The van der Waals surface area contributed by atoms with Crippen molar-refractivity contribution >= 4 is 17.2 Å². The van der Waals surface area contributed by atoms with E-state index in [1.165, 1.54) is 11.3 Å². The standard InChI is InChI=1S/C10H16N2O2S/c1-6(4-7(2)13)11-10(14)9-5-15-8(3)12-9/h5-7,13H,4H2,1-3H3,(H,11,14). The van der Waals surface area contributed by atoms with E-state index in [-0.39, 0.29) is 11.9 Å². The molecule has 1 aromatic rings. The van der Waals surface area contributed by atoms with Gasteiger partial charge in [-0.2, -0.15) is 0 Å². The number of thiazole rings is 1. The smallest absolute Gasteiger partial charge is 0.270 e. The van der Waals surface area contributed by atoms with E-state index in [0.717, 1.165) is 5.01 Å². The van der Waals surface area contributed by atoms with Crippen LogP contribution >= 0.6 is 11.3 Å². The number of aromatic nitrogens is 1. The molecule has 0 aromatic carbocycles. The molecule has 0 fully saturated rings. The summed E-state index contributed by atoms with van der Waals surface area (Å²) >= 11 is 1.45. The third kappa shape index (κ3) is 3.97. The minimum Gasteiger partial charge on any atom is -0.393 e. The average molecular weight is 228 g/mol. The van der Waals surface area contributed by atoms with Gasteiger partial charge in [0.25, 0.3) is 5.91 Å². The Morgan fingerprint density at radius 3 is 2.80 bits per heavy atom. The van der Waals surface area contributed by atoms with Gasteiger partial charge in [0.15, 0.2) is 0 Å². The lowest BCUT2D eigenvalue weighted by molar-refractivity contribution is 0.0918. The lowest BCUT2D eigenvalue weighted by Crippen LogP contribution is -2.34. The van der Waals surface area contributed by atoms with Crippen molar-refractivity contribution in [3.63, 3.8) is 0 Å². The summed E-state index contributed by atoms with van der Waals surface area (Å²) in [6, 6.07) is -0.0421. The molecule has 2 N–H and O–H groups in total. The predicted octanol–water partition coefficient (Wildman–Crippen LogP) is 1.34. The fraction of sp³-hybridized carbons (Fsp3) is 0.600. The van der Waals surface area contributed by atoms with Crippen molar-refractivity contribution in [3.8, 4) is 0 Å². The van der Waals surface area contributed by atoms with Crippen molar-refractivity contribution in [2.24, 2.45) is 0 Å². The minimum absolute atomic E-state index is 0.0421. The Morgan fingerprint density at radius 2 is 2.33 bits per heavy atom. The third-order valence-electron chi connectivity index (χ3n) is 1.92. The monoisotopic (exact) mass is 228 g/mol. The van der Waals surface area contributed by atoms with Crippen LogP contribution in [0, 0.1) is 6.92 Å². The molecule has 0 bridgehead atoms. The van der Waals surface area contributed by atoms with Gasteiger partial charge in [-0.05, 0) is 27.2 Å². The summed E-state index contributed by atoms with van der Waals surface area (Å²) in [5.74, 6) is -0.174. The molecule has 4 nitrogen and oxygen atoms in total. The fourth-order valence-corrected chi connectivity index (χ4v) is 1.93. The van der Waals surface area contributed by atoms with E-state index >= 15 is 0 Å². The number of amides is 1. The summed E-state index contributed by atoms with van der Waals surface area (Å²) < 4.78 is 0. The van der Waals surface area contributed by atoms with Gasteiger partial charge in [-0.15, -0.1) is 11.3 Å². The molecule has 15 heavy (non-hydrogen) atoms. The molecule has 2 atom stereocenters. The molecule has 1 aromatic heterocycles. The summed E-state index contributed by atoms with van der Waals surface area (Å²) in [4.78, 5) is 15.7. The van der Waals surface area contributed by atoms with Crippen LogP contribution in [-0.2, 0) is 0 Å². The van der Waals surface area contributed by atoms with E-state index in [1.807, 2.05) is 13.8 Å². The van der Waals surface area contributed by atoms with Crippen LogP contribution in [0.2, 0.25) is 0 Å². The summed E-state index contributed by atoms with van der Waals surface area (Å²) in [7, 11) is 0. The maximum atomic E-state index is 11.6.